The second-order valence-electron chi connectivity index (χ2n) is 5.63. The Morgan fingerprint density at radius 1 is 1.42 bits per heavy atom. The highest BCUT2D eigenvalue weighted by Crippen LogP contribution is 2.22. The largest absolute Gasteiger partial charge is 0.480 e. The molecule has 1 heterocycles. The average Bonchev–Trinajstić information content (AvgIpc) is 3.00. The van der Waals surface area contributed by atoms with Crippen LogP contribution in [0.25, 0.3) is 0 Å². The number of nitrogens with zero attached hydrogens (tertiary/aromatic N) is 2. The van der Waals surface area contributed by atoms with E-state index < -0.39 is 23.0 Å². The van der Waals surface area contributed by atoms with Gasteiger partial charge in [0, 0.05) is 24.6 Å². The second kappa shape index (κ2) is 10.1. The van der Waals surface area contributed by atoms with Crippen LogP contribution in [0, 0.1) is 16.0 Å². The SMILES string of the molecule is C[C@H](CSC(=O)CCCCO[N+](=O)[O-])C(=O)N1CCC[C@H]1C(=O)O. The Morgan fingerprint density at radius 3 is 2.75 bits per heavy atom. The molecule has 1 aliphatic rings. The van der Waals surface area contributed by atoms with Gasteiger partial charge in [-0.3, -0.25) is 9.59 Å². The first-order chi connectivity index (χ1) is 11.3. The first-order valence-corrected chi connectivity index (χ1v) is 8.77. The minimum absolute atomic E-state index is 0.0363. The third-order valence-corrected chi connectivity index (χ3v) is 4.90. The average molecular weight is 362 g/mol. The predicted octanol–water partition coefficient (Wildman–Crippen LogP) is 1.34. The molecule has 0 spiro atoms. The monoisotopic (exact) mass is 362 g/mol. The van der Waals surface area contributed by atoms with Crippen molar-refractivity contribution >= 4 is 28.8 Å². The van der Waals surface area contributed by atoms with Crippen LogP contribution in [0.3, 0.4) is 0 Å². The van der Waals surface area contributed by atoms with Gasteiger partial charge in [0.1, 0.15) is 6.04 Å². The van der Waals surface area contributed by atoms with Gasteiger partial charge in [0.2, 0.25) is 5.91 Å². The fraction of sp³-hybridized carbons (Fsp3) is 0.786. The summed E-state index contributed by atoms with van der Waals surface area (Å²) < 4.78 is 0. The molecule has 0 aromatic heterocycles. The lowest BCUT2D eigenvalue weighted by Gasteiger charge is -2.24. The van der Waals surface area contributed by atoms with Gasteiger partial charge in [-0.1, -0.05) is 18.7 Å². The Hall–Kier alpha value is -1.84. The number of hydrogen-bond acceptors (Lipinski definition) is 7. The van der Waals surface area contributed by atoms with E-state index in [1.807, 2.05) is 0 Å². The summed E-state index contributed by atoms with van der Waals surface area (Å²) in [6.07, 6.45) is 2.29. The Morgan fingerprint density at radius 2 is 2.12 bits per heavy atom. The summed E-state index contributed by atoms with van der Waals surface area (Å²) in [5.41, 5.74) is 0. The second-order valence-corrected chi connectivity index (χ2v) is 6.70. The lowest BCUT2D eigenvalue weighted by molar-refractivity contribution is -0.757. The van der Waals surface area contributed by atoms with Gasteiger partial charge in [-0.2, -0.15) is 0 Å². The van der Waals surface area contributed by atoms with Gasteiger partial charge < -0.3 is 14.8 Å². The van der Waals surface area contributed by atoms with Gasteiger partial charge in [0.25, 0.3) is 5.09 Å². The first kappa shape index (κ1) is 20.2. The van der Waals surface area contributed by atoms with E-state index in [2.05, 4.69) is 4.84 Å². The summed E-state index contributed by atoms with van der Waals surface area (Å²) in [4.78, 5) is 50.6. The number of carbonyl (C=O) groups is 3. The lowest BCUT2D eigenvalue weighted by atomic mass is 10.1. The van der Waals surface area contributed by atoms with E-state index in [0.29, 0.717) is 38.0 Å². The quantitative estimate of drug-likeness (QED) is 0.350. The van der Waals surface area contributed by atoms with Crippen molar-refractivity contribution in [3.63, 3.8) is 0 Å². The molecule has 1 fully saturated rings. The molecule has 0 aliphatic carbocycles. The molecule has 10 heteroatoms. The highest BCUT2D eigenvalue weighted by molar-refractivity contribution is 8.13. The topological polar surface area (TPSA) is 127 Å². The molecule has 0 saturated carbocycles. The molecule has 0 bridgehead atoms. The predicted molar refractivity (Wildman–Crippen MR) is 85.8 cm³/mol. The number of thioether (sulfide) groups is 1. The number of carboxylic acid groups (broad SMARTS) is 1. The fourth-order valence-corrected chi connectivity index (χ4v) is 3.31. The van der Waals surface area contributed by atoms with Gasteiger partial charge in [0.15, 0.2) is 5.12 Å². The van der Waals surface area contributed by atoms with E-state index in [-0.39, 0.29) is 24.1 Å². The number of carbonyl (C=O) groups excluding carboxylic acids is 2. The first-order valence-electron chi connectivity index (χ1n) is 7.79. The van der Waals surface area contributed by atoms with E-state index in [4.69, 9.17) is 5.11 Å². The molecule has 136 valence electrons. The van der Waals surface area contributed by atoms with E-state index in [1.165, 1.54) is 4.90 Å². The van der Waals surface area contributed by atoms with Gasteiger partial charge in [-0.05, 0) is 25.7 Å². The van der Waals surface area contributed by atoms with Crippen molar-refractivity contribution in [1.29, 1.82) is 0 Å². The molecular weight excluding hydrogens is 340 g/mol. The van der Waals surface area contributed by atoms with Crippen LogP contribution in [0.1, 0.15) is 39.0 Å². The molecule has 1 aliphatic heterocycles. The number of aliphatic carboxylic acids is 1. The molecule has 1 rings (SSSR count). The normalized spacial score (nSPS) is 18.2. The molecule has 0 aromatic carbocycles. The zero-order chi connectivity index (χ0) is 18.1. The summed E-state index contributed by atoms with van der Waals surface area (Å²) in [6, 6.07) is -0.762. The van der Waals surface area contributed by atoms with Crippen LogP contribution in [0.5, 0.6) is 0 Å². The summed E-state index contributed by atoms with van der Waals surface area (Å²) in [5, 5.41) is 18.1. The van der Waals surface area contributed by atoms with E-state index in [1.54, 1.807) is 6.92 Å². The number of amides is 1. The minimum Gasteiger partial charge on any atom is -0.480 e. The van der Waals surface area contributed by atoms with Crippen LogP contribution in [-0.2, 0) is 19.2 Å². The van der Waals surface area contributed by atoms with Gasteiger partial charge in [-0.25, -0.2) is 4.79 Å². The third-order valence-electron chi connectivity index (χ3n) is 3.71. The van der Waals surface area contributed by atoms with E-state index in [0.717, 1.165) is 11.8 Å². The number of unbranched alkanes of at least 4 members (excludes halogenated alkanes) is 1. The Balaban J connectivity index is 2.25. The molecule has 1 saturated heterocycles. The van der Waals surface area contributed by atoms with E-state index in [9.17, 15) is 24.5 Å². The Kier molecular flexibility index (Phi) is 8.51. The standard InChI is InChI=1S/C14H22N2O7S/c1-10(13(18)15-7-4-5-11(15)14(19)20)9-24-12(17)6-2-3-8-23-16(21)22/h10-11H,2-9H2,1H3,(H,19,20)/t10-,11+/m1/s1. The van der Waals surface area contributed by atoms with Crippen molar-refractivity contribution in [1.82, 2.24) is 4.90 Å². The minimum atomic E-state index is -0.992. The Bertz CT molecular complexity index is 486. The molecule has 9 nitrogen and oxygen atoms in total. The summed E-state index contributed by atoms with van der Waals surface area (Å²) in [7, 11) is 0. The van der Waals surface area contributed by atoms with Crippen molar-refractivity contribution in [2.45, 2.75) is 45.1 Å². The van der Waals surface area contributed by atoms with Crippen LogP contribution in [0.15, 0.2) is 0 Å². The number of carboxylic acids is 1. The summed E-state index contributed by atoms with van der Waals surface area (Å²) >= 11 is 1.04. The van der Waals surface area contributed by atoms with Crippen molar-refractivity contribution in [3.05, 3.63) is 10.1 Å². The molecule has 1 N–H and O–H groups in total. The molecule has 24 heavy (non-hydrogen) atoms. The third kappa shape index (κ3) is 6.73. The van der Waals surface area contributed by atoms with Crippen LogP contribution >= 0.6 is 11.8 Å². The van der Waals surface area contributed by atoms with Gasteiger partial charge in [0.05, 0.1) is 6.61 Å². The number of likely N-dealkylation sites (tertiary alicyclic amines) is 1. The smallest absolute Gasteiger partial charge is 0.326 e. The number of rotatable bonds is 10. The molecule has 0 radical (unpaired) electrons. The Labute approximate surface area is 143 Å². The highest BCUT2D eigenvalue weighted by atomic mass is 32.2. The van der Waals surface area contributed by atoms with Crippen molar-refractivity contribution in [2.24, 2.45) is 5.92 Å². The molecule has 1 amide bonds. The molecule has 2 atom stereocenters. The van der Waals surface area contributed by atoms with Gasteiger partial charge >= 0.3 is 5.97 Å². The van der Waals surface area contributed by atoms with Crippen LogP contribution in [-0.4, -0.2) is 57.0 Å². The zero-order valence-corrected chi connectivity index (χ0v) is 14.3. The zero-order valence-electron chi connectivity index (χ0n) is 13.5. The number of hydrogen-bond donors (Lipinski definition) is 1. The van der Waals surface area contributed by atoms with Crippen LogP contribution in [0.4, 0.5) is 0 Å². The summed E-state index contributed by atoms with van der Waals surface area (Å²) in [5.74, 6) is -1.36. The van der Waals surface area contributed by atoms with Crippen LogP contribution in [0.2, 0.25) is 0 Å². The van der Waals surface area contributed by atoms with Crippen molar-refractivity contribution < 1.29 is 29.4 Å². The maximum Gasteiger partial charge on any atom is 0.326 e. The lowest BCUT2D eigenvalue weighted by Crippen LogP contribution is -2.43. The molecule has 0 unspecified atom stereocenters. The highest BCUT2D eigenvalue weighted by Gasteiger charge is 2.35. The molecule has 0 aromatic rings. The van der Waals surface area contributed by atoms with Crippen LogP contribution < -0.4 is 0 Å². The maximum atomic E-state index is 12.3. The fourth-order valence-electron chi connectivity index (χ4n) is 2.44. The van der Waals surface area contributed by atoms with Gasteiger partial charge in [-0.15, -0.1) is 10.1 Å². The van der Waals surface area contributed by atoms with Crippen molar-refractivity contribution in [2.75, 3.05) is 18.9 Å². The maximum absolute atomic E-state index is 12.3. The van der Waals surface area contributed by atoms with E-state index >= 15 is 0 Å². The summed E-state index contributed by atoms with van der Waals surface area (Å²) in [6.45, 7) is 2.09. The van der Waals surface area contributed by atoms with Crippen molar-refractivity contribution in [3.8, 4) is 0 Å². The molecular formula is C14H22N2O7S.